The molecule has 1 aromatic rings. The molecular weight excluding hydrogens is 314 g/mol. The number of nitrogens with one attached hydrogen (secondary N) is 1. The minimum atomic E-state index is -0.573. The first-order chi connectivity index (χ1) is 11.4. The minimum Gasteiger partial charge on any atom is -0.494 e. The SMILES string of the molecule is COc1cc(OCCOCCCO)ccc1NC(=O)OC(C)(C)C. The van der Waals surface area contributed by atoms with Crippen molar-refractivity contribution in [3.63, 3.8) is 0 Å². The number of aliphatic hydroxyl groups is 1. The second kappa shape index (κ2) is 10.00. The lowest BCUT2D eigenvalue weighted by atomic mass is 10.2. The smallest absolute Gasteiger partial charge is 0.412 e. The van der Waals surface area contributed by atoms with Gasteiger partial charge >= 0.3 is 6.09 Å². The van der Waals surface area contributed by atoms with Crippen LogP contribution >= 0.6 is 0 Å². The summed E-state index contributed by atoms with van der Waals surface area (Å²) < 4.78 is 21.3. The van der Waals surface area contributed by atoms with Crippen molar-refractivity contribution in [1.82, 2.24) is 0 Å². The van der Waals surface area contributed by atoms with E-state index in [0.717, 1.165) is 0 Å². The topological polar surface area (TPSA) is 86.3 Å². The fourth-order valence-corrected chi connectivity index (χ4v) is 1.77. The quantitative estimate of drug-likeness (QED) is 0.672. The summed E-state index contributed by atoms with van der Waals surface area (Å²) in [5, 5.41) is 11.3. The number of carbonyl (C=O) groups is 1. The largest absolute Gasteiger partial charge is 0.494 e. The fraction of sp³-hybridized carbons (Fsp3) is 0.588. The summed E-state index contributed by atoms with van der Waals surface area (Å²) in [7, 11) is 1.51. The van der Waals surface area contributed by atoms with Crippen LogP contribution in [0.15, 0.2) is 18.2 Å². The Morgan fingerprint density at radius 1 is 1.21 bits per heavy atom. The highest BCUT2D eigenvalue weighted by Gasteiger charge is 2.17. The molecule has 0 aliphatic rings. The van der Waals surface area contributed by atoms with E-state index in [4.69, 9.17) is 24.1 Å². The van der Waals surface area contributed by atoms with Gasteiger partial charge in [0.05, 0.1) is 19.4 Å². The van der Waals surface area contributed by atoms with Gasteiger partial charge in [-0.15, -0.1) is 0 Å². The zero-order valence-electron chi connectivity index (χ0n) is 14.8. The van der Waals surface area contributed by atoms with Crippen LogP contribution in [0.3, 0.4) is 0 Å². The van der Waals surface area contributed by atoms with Crippen molar-refractivity contribution in [1.29, 1.82) is 0 Å². The Kier molecular flexibility index (Phi) is 8.35. The summed E-state index contributed by atoms with van der Waals surface area (Å²) in [4.78, 5) is 11.8. The molecule has 0 bridgehead atoms. The van der Waals surface area contributed by atoms with Crippen molar-refractivity contribution >= 4 is 11.8 Å². The van der Waals surface area contributed by atoms with E-state index in [0.29, 0.717) is 43.4 Å². The average Bonchev–Trinajstić information content (AvgIpc) is 2.50. The maximum Gasteiger partial charge on any atom is 0.412 e. The second-order valence-electron chi connectivity index (χ2n) is 6.03. The number of hydrogen-bond donors (Lipinski definition) is 2. The molecule has 0 spiro atoms. The van der Waals surface area contributed by atoms with Gasteiger partial charge in [-0.25, -0.2) is 4.79 Å². The summed E-state index contributed by atoms with van der Waals surface area (Å²) in [6.45, 7) is 6.82. The molecule has 7 nitrogen and oxygen atoms in total. The van der Waals surface area contributed by atoms with Crippen molar-refractivity contribution in [2.24, 2.45) is 0 Å². The molecule has 7 heteroatoms. The molecule has 24 heavy (non-hydrogen) atoms. The number of methoxy groups -OCH3 is 1. The third kappa shape index (κ3) is 8.03. The van der Waals surface area contributed by atoms with Crippen molar-refractivity contribution in [2.75, 3.05) is 38.9 Å². The Labute approximate surface area is 142 Å². The number of rotatable bonds is 9. The van der Waals surface area contributed by atoms with Crippen molar-refractivity contribution in [2.45, 2.75) is 32.8 Å². The van der Waals surface area contributed by atoms with Crippen molar-refractivity contribution in [3.05, 3.63) is 18.2 Å². The number of amides is 1. The number of aliphatic hydroxyl groups excluding tert-OH is 1. The first kappa shape index (κ1) is 20.1. The molecule has 1 aromatic carbocycles. The minimum absolute atomic E-state index is 0.115. The molecule has 0 unspecified atom stereocenters. The molecule has 0 saturated heterocycles. The van der Waals surface area contributed by atoms with Crippen LogP contribution in [-0.2, 0) is 9.47 Å². The lowest BCUT2D eigenvalue weighted by molar-refractivity contribution is 0.0635. The molecule has 0 heterocycles. The van der Waals surface area contributed by atoms with E-state index in [1.807, 2.05) is 0 Å². The molecule has 0 fully saturated rings. The van der Waals surface area contributed by atoms with E-state index < -0.39 is 11.7 Å². The Morgan fingerprint density at radius 2 is 1.96 bits per heavy atom. The molecular formula is C17H27NO6. The maximum absolute atomic E-state index is 11.8. The van der Waals surface area contributed by atoms with Gasteiger partial charge in [0.2, 0.25) is 0 Å². The molecule has 0 atom stereocenters. The highest BCUT2D eigenvalue weighted by molar-refractivity contribution is 5.87. The molecule has 0 aliphatic heterocycles. The normalized spacial score (nSPS) is 11.0. The van der Waals surface area contributed by atoms with Crippen LogP contribution in [0, 0.1) is 0 Å². The van der Waals surface area contributed by atoms with Gasteiger partial charge in [-0.1, -0.05) is 0 Å². The van der Waals surface area contributed by atoms with Crippen LogP contribution in [0.5, 0.6) is 11.5 Å². The van der Waals surface area contributed by atoms with Crippen LogP contribution < -0.4 is 14.8 Å². The van der Waals surface area contributed by atoms with Crippen LogP contribution in [0.2, 0.25) is 0 Å². The van der Waals surface area contributed by atoms with Crippen molar-refractivity contribution in [3.8, 4) is 11.5 Å². The Hall–Kier alpha value is -1.99. The van der Waals surface area contributed by atoms with Crippen LogP contribution in [0.25, 0.3) is 0 Å². The average molecular weight is 341 g/mol. The van der Waals surface area contributed by atoms with E-state index in [1.165, 1.54) is 7.11 Å². The number of benzene rings is 1. The van der Waals surface area contributed by atoms with Gasteiger partial charge in [-0.2, -0.15) is 0 Å². The highest BCUT2D eigenvalue weighted by atomic mass is 16.6. The zero-order chi connectivity index (χ0) is 18.0. The maximum atomic E-state index is 11.8. The van der Waals surface area contributed by atoms with E-state index in [1.54, 1.807) is 39.0 Å². The molecule has 136 valence electrons. The Balaban J connectivity index is 2.54. The summed E-state index contributed by atoms with van der Waals surface area (Å²) in [5.41, 5.74) is -0.0746. The predicted molar refractivity (Wildman–Crippen MR) is 90.9 cm³/mol. The number of anilines is 1. The van der Waals surface area contributed by atoms with Gasteiger partial charge < -0.3 is 24.1 Å². The number of hydrogen-bond acceptors (Lipinski definition) is 6. The molecule has 0 saturated carbocycles. The lowest BCUT2D eigenvalue weighted by Gasteiger charge is -2.20. The van der Waals surface area contributed by atoms with Gasteiger partial charge in [-0.3, -0.25) is 5.32 Å². The Morgan fingerprint density at radius 3 is 2.58 bits per heavy atom. The van der Waals surface area contributed by atoms with Crippen LogP contribution in [0.1, 0.15) is 27.2 Å². The van der Waals surface area contributed by atoms with Gasteiger partial charge in [0.1, 0.15) is 23.7 Å². The van der Waals surface area contributed by atoms with Crippen LogP contribution in [-0.4, -0.2) is 50.3 Å². The van der Waals surface area contributed by atoms with E-state index in [9.17, 15) is 4.79 Å². The lowest BCUT2D eigenvalue weighted by Crippen LogP contribution is -2.27. The predicted octanol–water partition coefficient (Wildman–Crippen LogP) is 2.82. The third-order valence-electron chi connectivity index (χ3n) is 2.75. The first-order valence-corrected chi connectivity index (χ1v) is 7.85. The fourth-order valence-electron chi connectivity index (χ4n) is 1.77. The van der Waals surface area contributed by atoms with E-state index in [-0.39, 0.29) is 6.61 Å². The van der Waals surface area contributed by atoms with Gasteiger partial charge in [0.25, 0.3) is 0 Å². The molecule has 1 amide bonds. The van der Waals surface area contributed by atoms with Gasteiger partial charge in [0.15, 0.2) is 0 Å². The zero-order valence-corrected chi connectivity index (χ0v) is 14.8. The third-order valence-corrected chi connectivity index (χ3v) is 2.75. The molecule has 2 N–H and O–H groups in total. The summed E-state index contributed by atoms with van der Waals surface area (Å²) in [6.07, 6.45) is 0.0607. The Bertz CT molecular complexity index is 512. The summed E-state index contributed by atoms with van der Waals surface area (Å²) in [5.74, 6) is 1.08. The number of ether oxygens (including phenoxy) is 4. The van der Waals surface area contributed by atoms with Gasteiger partial charge in [0, 0.05) is 19.3 Å². The van der Waals surface area contributed by atoms with E-state index in [2.05, 4.69) is 5.32 Å². The van der Waals surface area contributed by atoms with Gasteiger partial charge in [-0.05, 0) is 39.3 Å². The molecule has 0 aliphatic carbocycles. The standard InChI is InChI=1S/C17H27NO6/c1-17(2,3)24-16(20)18-14-7-6-13(12-15(14)21-4)23-11-10-22-9-5-8-19/h6-7,12,19H,5,8-11H2,1-4H3,(H,18,20). The van der Waals surface area contributed by atoms with E-state index >= 15 is 0 Å². The molecule has 0 radical (unpaired) electrons. The highest BCUT2D eigenvalue weighted by Crippen LogP contribution is 2.29. The van der Waals surface area contributed by atoms with Crippen molar-refractivity contribution < 1.29 is 28.8 Å². The first-order valence-electron chi connectivity index (χ1n) is 7.85. The summed E-state index contributed by atoms with van der Waals surface area (Å²) >= 11 is 0. The number of carbonyl (C=O) groups excluding carboxylic acids is 1. The molecule has 0 aromatic heterocycles. The van der Waals surface area contributed by atoms with Crippen LogP contribution in [0.4, 0.5) is 10.5 Å². The molecule has 1 rings (SSSR count). The summed E-state index contributed by atoms with van der Waals surface area (Å²) in [6, 6.07) is 5.09. The monoisotopic (exact) mass is 341 g/mol. The second-order valence-corrected chi connectivity index (χ2v) is 6.03.